The number of hydrogen-bond acceptors (Lipinski definition) is 6. The van der Waals surface area contributed by atoms with Crippen molar-refractivity contribution in [3.63, 3.8) is 0 Å². The molecule has 2 aliphatic rings. The van der Waals surface area contributed by atoms with E-state index in [4.69, 9.17) is 18.9 Å². The molecular weight excluding hydrogens is 380 g/mol. The summed E-state index contributed by atoms with van der Waals surface area (Å²) in [5.41, 5.74) is 0. The molecule has 2 fully saturated rings. The molecule has 0 spiro atoms. The second-order valence-electron chi connectivity index (χ2n) is 7.88. The molecule has 1 aromatic carbocycles. The zero-order valence-electron chi connectivity index (χ0n) is 16.7. The van der Waals surface area contributed by atoms with Crippen molar-refractivity contribution < 1.29 is 27.4 Å². The van der Waals surface area contributed by atoms with E-state index in [0.29, 0.717) is 24.3 Å². The van der Waals surface area contributed by atoms with Crippen molar-refractivity contribution in [2.24, 2.45) is 5.92 Å². The van der Waals surface area contributed by atoms with Crippen LogP contribution < -0.4 is 0 Å². The topological polar surface area (TPSA) is 71.1 Å². The van der Waals surface area contributed by atoms with E-state index in [1.165, 1.54) is 0 Å². The zero-order chi connectivity index (χ0) is 20.4. The summed E-state index contributed by atoms with van der Waals surface area (Å²) in [4.78, 5) is 0.319. The van der Waals surface area contributed by atoms with Crippen molar-refractivity contribution in [2.45, 2.75) is 61.8 Å². The Morgan fingerprint density at radius 3 is 2.54 bits per heavy atom. The van der Waals surface area contributed by atoms with Crippen LogP contribution >= 0.6 is 0 Å². The van der Waals surface area contributed by atoms with E-state index in [2.05, 4.69) is 6.58 Å². The minimum atomic E-state index is -3.46. The average molecular weight is 411 g/mol. The van der Waals surface area contributed by atoms with Gasteiger partial charge in [-0.3, -0.25) is 0 Å². The summed E-state index contributed by atoms with van der Waals surface area (Å²) in [7, 11) is -1.85. The highest BCUT2D eigenvalue weighted by Crippen LogP contribution is 2.37. The number of benzene rings is 1. The Kier molecular flexibility index (Phi) is 6.61. The molecule has 0 N–H and O–H groups in total. The van der Waals surface area contributed by atoms with Crippen LogP contribution in [-0.4, -0.2) is 58.1 Å². The normalized spacial score (nSPS) is 32.5. The molecule has 2 saturated heterocycles. The third kappa shape index (κ3) is 4.83. The predicted octanol–water partition coefficient (Wildman–Crippen LogP) is 2.98. The van der Waals surface area contributed by atoms with Crippen LogP contribution in [0, 0.1) is 5.92 Å². The third-order valence-electron chi connectivity index (χ3n) is 5.36. The maximum absolute atomic E-state index is 13.0. The van der Waals surface area contributed by atoms with Crippen LogP contribution in [0.25, 0.3) is 0 Å². The lowest BCUT2D eigenvalue weighted by atomic mass is 9.94. The molecule has 28 heavy (non-hydrogen) atoms. The van der Waals surface area contributed by atoms with Crippen molar-refractivity contribution >= 4 is 9.84 Å². The van der Waals surface area contributed by atoms with Gasteiger partial charge in [-0.25, -0.2) is 8.42 Å². The number of methoxy groups -OCH3 is 1. The Balaban J connectivity index is 1.77. The predicted molar refractivity (Wildman–Crippen MR) is 106 cm³/mol. The van der Waals surface area contributed by atoms with Crippen LogP contribution in [-0.2, 0) is 28.8 Å². The van der Waals surface area contributed by atoms with Gasteiger partial charge in [0.15, 0.2) is 15.6 Å². The Morgan fingerprint density at radius 2 is 1.96 bits per heavy atom. The van der Waals surface area contributed by atoms with E-state index in [9.17, 15) is 8.42 Å². The average Bonchev–Trinajstić information content (AvgIpc) is 3.15. The molecule has 7 heteroatoms. The van der Waals surface area contributed by atoms with Crippen molar-refractivity contribution in [3.05, 3.63) is 43.0 Å². The molecule has 0 amide bonds. The Morgan fingerprint density at radius 1 is 1.25 bits per heavy atom. The van der Waals surface area contributed by atoms with Crippen LogP contribution in [0.5, 0.6) is 0 Å². The van der Waals surface area contributed by atoms with Gasteiger partial charge in [0, 0.05) is 19.4 Å². The maximum Gasteiger partial charge on any atom is 0.178 e. The standard InChI is InChI=1S/C21H30O6S/c1-5-9-18-17(14-28(22,23)16-10-7-6-8-11-16)20(24-4)19(26-18)12-15-13-25-21(2,3)27-15/h5-8,10-11,15,17-20H,1,9,12-14H2,2-4H3/t15-,17?,18?,19?,20+/m0/s1. The van der Waals surface area contributed by atoms with Gasteiger partial charge in [-0.15, -0.1) is 6.58 Å². The highest BCUT2D eigenvalue weighted by molar-refractivity contribution is 7.91. The summed E-state index contributed by atoms with van der Waals surface area (Å²) in [6, 6.07) is 8.51. The molecule has 2 aliphatic heterocycles. The first-order valence-electron chi connectivity index (χ1n) is 9.64. The fraction of sp³-hybridized carbons (Fsp3) is 0.619. The van der Waals surface area contributed by atoms with Gasteiger partial charge in [-0.2, -0.15) is 0 Å². The van der Waals surface area contributed by atoms with Gasteiger partial charge in [0.05, 0.1) is 41.7 Å². The first-order valence-corrected chi connectivity index (χ1v) is 11.3. The lowest BCUT2D eigenvalue weighted by molar-refractivity contribution is -0.144. The van der Waals surface area contributed by atoms with Crippen molar-refractivity contribution in [1.29, 1.82) is 0 Å². The van der Waals surface area contributed by atoms with Gasteiger partial charge in [0.25, 0.3) is 0 Å². The third-order valence-corrected chi connectivity index (χ3v) is 7.18. The monoisotopic (exact) mass is 410 g/mol. The van der Waals surface area contributed by atoms with Gasteiger partial charge in [0.2, 0.25) is 0 Å². The highest BCUT2D eigenvalue weighted by Gasteiger charge is 2.48. The van der Waals surface area contributed by atoms with Gasteiger partial charge in [-0.1, -0.05) is 24.3 Å². The quantitative estimate of drug-likeness (QED) is 0.614. The van der Waals surface area contributed by atoms with Crippen LogP contribution in [0.15, 0.2) is 47.9 Å². The van der Waals surface area contributed by atoms with Gasteiger partial charge >= 0.3 is 0 Å². The number of rotatable bonds is 8. The van der Waals surface area contributed by atoms with Crippen LogP contribution in [0.3, 0.4) is 0 Å². The van der Waals surface area contributed by atoms with Gasteiger partial charge in [0.1, 0.15) is 0 Å². The molecule has 6 nitrogen and oxygen atoms in total. The van der Waals surface area contributed by atoms with Crippen molar-refractivity contribution in [1.82, 2.24) is 0 Å². The summed E-state index contributed by atoms with van der Waals surface area (Å²) in [6.07, 6.45) is 1.97. The molecular formula is C21H30O6S. The minimum absolute atomic E-state index is 0.0297. The molecule has 0 aliphatic carbocycles. The smallest absolute Gasteiger partial charge is 0.178 e. The molecule has 156 valence electrons. The summed E-state index contributed by atoms with van der Waals surface area (Å²) in [6.45, 7) is 8.05. The fourth-order valence-corrected chi connectivity index (χ4v) is 5.79. The zero-order valence-corrected chi connectivity index (χ0v) is 17.6. The molecule has 5 atom stereocenters. The second-order valence-corrected chi connectivity index (χ2v) is 9.92. The van der Waals surface area contributed by atoms with Crippen LogP contribution in [0.4, 0.5) is 0 Å². The number of sulfone groups is 1. The van der Waals surface area contributed by atoms with Crippen molar-refractivity contribution in [3.8, 4) is 0 Å². The molecule has 0 saturated carbocycles. The maximum atomic E-state index is 13.0. The molecule has 2 heterocycles. The summed E-state index contributed by atoms with van der Waals surface area (Å²) in [5.74, 6) is -0.922. The van der Waals surface area contributed by atoms with Gasteiger partial charge < -0.3 is 18.9 Å². The molecule has 3 unspecified atom stereocenters. The first-order chi connectivity index (χ1) is 13.3. The summed E-state index contributed by atoms with van der Waals surface area (Å²) in [5, 5.41) is 0. The minimum Gasteiger partial charge on any atom is -0.378 e. The molecule has 0 aromatic heterocycles. The number of hydrogen-bond donors (Lipinski definition) is 0. The molecule has 0 radical (unpaired) electrons. The van der Waals surface area contributed by atoms with Crippen molar-refractivity contribution in [2.75, 3.05) is 19.5 Å². The van der Waals surface area contributed by atoms with E-state index in [0.717, 1.165) is 0 Å². The molecule has 1 aromatic rings. The van der Waals surface area contributed by atoms with E-state index >= 15 is 0 Å². The van der Waals surface area contributed by atoms with E-state index < -0.39 is 15.6 Å². The number of ether oxygens (including phenoxy) is 4. The second kappa shape index (κ2) is 8.63. The Bertz CT molecular complexity index is 760. The SMILES string of the molecule is C=CCC1OC(C[C@H]2COC(C)(C)O2)[C@H](OC)C1CS(=O)(=O)c1ccccc1. The van der Waals surface area contributed by atoms with Crippen LogP contribution in [0.1, 0.15) is 26.7 Å². The fourth-order valence-electron chi connectivity index (χ4n) is 4.12. The first kappa shape index (κ1) is 21.5. The molecule has 0 bridgehead atoms. The van der Waals surface area contributed by atoms with Gasteiger partial charge in [-0.05, 0) is 32.4 Å². The van der Waals surface area contributed by atoms with E-state index in [1.807, 2.05) is 13.8 Å². The lowest BCUT2D eigenvalue weighted by Crippen LogP contribution is -2.36. The lowest BCUT2D eigenvalue weighted by Gasteiger charge is -2.24. The Labute approximate surface area is 167 Å². The largest absolute Gasteiger partial charge is 0.378 e. The van der Waals surface area contributed by atoms with E-state index in [1.54, 1.807) is 43.5 Å². The highest BCUT2D eigenvalue weighted by atomic mass is 32.2. The molecule has 3 rings (SSSR count). The van der Waals surface area contributed by atoms with Crippen LogP contribution in [0.2, 0.25) is 0 Å². The summed E-state index contributed by atoms with van der Waals surface area (Å²) < 4.78 is 49.4. The van der Waals surface area contributed by atoms with E-state index in [-0.39, 0.29) is 36.1 Å². The Hall–Kier alpha value is -1.25. The summed E-state index contributed by atoms with van der Waals surface area (Å²) >= 11 is 0.